The Morgan fingerprint density at radius 1 is 1.32 bits per heavy atom. The number of hydrogen-bond donors (Lipinski definition) is 0. The Bertz CT molecular complexity index is 737. The van der Waals surface area contributed by atoms with Gasteiger partial charge in [0.2, 0.25) is 0 Å². The maximum absolute atomic E-state index is 12.6. The van der Waals surface area contributed by atoms with E-state index in [-0.39, 0.29) is 11.5 Å². The lowest BCUT2D eigenvalue weighted by molar-refractivity contribution is -0.0393. The largest absolute Gasteiger partial charge is 0.375 e. The first-order valence-electron chi connectivity index (χ1n) is 8.80. The molecule has 0 aromatic carbocycles. The Hall–Kier alpha value is -2.28. The highest BCUT2D eigenvalue weighted by Gasteiger charge is 2.43. The van der Waals surface area contributed by atoms with Crippen LogP contribution in [0.5, 0.6) is 0 Å². The summed E-state index contributed by atoms with van der Waals surface area (Å²) in [5.41, 5.74) is 1.09. The summed E-state index contributed by atoms with van der Waals surface area (Å²) in [6.45, 7) is 2.24. The van der Waals surface area contributed by atoms with Crippen molar-refractivity contribution in [3.8, 4) is 0 Å². The molecule has 0 radical (unpaired) electrons. The van der Waals surface area contributed by atoms with Gasteiger partial charge in [-0.3, -0.25) is 4.79 Å². The molecule has 2 aliphatic rings. The molecule has 0 N–H and O–H groups in total. The maximum atomic E-state index is 12.6. The molecule has 7 heteroatoms. The van der Waals surface area contributed by atoms with Gasteiger partial charge >= 0.3 is 0 Å². The minimum Gasteiger partial charge on any atom is -0.375 e. The Morgan fingerprint density at radius 2 is 2.08 bits per heavy atom. The van der Waals surface area contributed by atoms with Crippen LogP contribution in [0.3, 0.4) is 0 Å². The maximum Gasteiger partial charge on any atom is 0.289 e. The molecule has 2 aliphatic heterocycles. The molecule has 0 aliphatic carbocycles. The molecular formula is C18H23N5O2. The van der Waals surface area contributed by atoms with E-state index in [1.165, 1.54) is 0 Å². The average Bonchev–Trinajstić information content (AvgIpc) is 3.23. The van der Waals surface area contributed by atoms with Crippen molar-refractivity contribution in [1.29, 1.82) is 0 Å². The summed E-state index contributed by atoms with van der Waals surface area (Å²) in [5, 5.41) is 0. The van der Waals surface area contributed by atoms with Crippen LogP contribution in [0.2, 0.25) is 0 Å². The average molecular weight is 341 g/mol. The van der Waals surface area contributed by atoms with Crippen molar-refractivity contribution in [1.82, 2.24) is 24.4 Å². The van der Waals surface area contributed by atoms with E-state index in [9.17, 15) is 4.79 Å². The van der Waals surface area contributed by atoms with Crippen molar-refractivity contribution in [2.45, 2.75) is 31.3 Å². The van der Waals surface area contributed by atoms with Crippen LogP contribution in [0.4, 0.5) is 0 Å². The summed E-state index contributed by atoms with van der Waals surface area (Å²) >= 11 is 0. The van der Waals surface area contributed by atoms with Crippen LogP contribution >= 0.6 is 0 Å². The molecule has 2 saturated heterocycles. The lowest BCUT2D eigenvalue weighted by Gasteiger charge is -2.38. The van der Waals surface area contributed by atoms with Crippen molar-refractivity contribution in [2.24, 2.45) is 13.0 Å². The predicted molar refractivity (Wildman–Crippen MR) is 90.9 cm³/mol. The second-order valence-electron chi connectivity index (χ2n) is 7.17. The number of aromatic nitrogens is 4. The fourth-order valence-electron chi connectivity index (χ4n) is 4.02. The summed E-state index contributed by atoms with van der Waals surface area (Å²) < 4.78 is 7.98. The van der Waals surface area contributed by atoms with Gasteiger partial charge in [0, 0.05) is 44.9 Å². The molecule has 132 valence electrons. The number of aryl methyl sites for hydroxylation is 1. The molecule has 0 saturated carbocycles. The second-order valence-corrected chi connectivity index (χ2v) is 7.17. The molecule has 2 aromatic heterocycles. The van der Waals surface area contributed by atoms with Gasteiger partial charge in [-0.05, 0) is 37.2 Å². The summed E-state index contributed by atoms with van der Waals surface area (Å²) in [6, 6.07) is 0. The lowest BCUT2D eigenvalue weighted by atomic mass is 9.84. The van der Waals surface area contributed by atoms with E-state index >= 15 is 0 Å². The number of hydrogen-bond acceptors (Lipinski definition) is 5. The minimum atomic E-state index is -0.0707. The number of amides is 1. The van der Waals surface area contributed by atoms with Crippen LogP contribution in [-0.4, -0.2) is 55.6 Å². The second kappa shape index (κ2) is 6.55. The van der Waals surface area contributed by atoms with Crippen LogP contribution in [0.15, 0.2) is 31.1 Å². The van der Waals surface area contributed by atoms with Gasteiger partial charge < -0.3 is 14.2 Å². The van der Waals surface area contributed by atoms with E-state index in [0.717, 1.165) is 50.9 Å². The summed E-state index contributed by atoms with van der Waals surface area (Å²) in [4.78, 5) is 26.8. The zero-order valence-electron chi connectivity index (χ0n) is 14.5. The number of nitrogens with zero attached hydrogens (tertiary/aromatic N) is 5. The van der Waals surface area contributed by atoms with Crippen molar-refractivity contribution < 1.29 is 9.53 Å². The number of piperidine rings is 1. The van der Waals surface area contributed by atoms with Gasteiger partial charge in [0.1, 0.15) is 6.33 Å². The number of carbonyl (C=O) groups excluding carboxylic acids is 1. The monoisotopic (exact) mass is 341 g/mol. The molecule has 0 bridgehead atoms. The first-order valence-corrected chi connectivity index (χ1v) is 8.80. The van der Waals surface area contributed by atoms with Gasteiger partial charge in [-0.25, -0.2) is 15.0 Å². The normalized spacial score (nSPS) is 22.4. The minimum absolute atomic E-state index is 0.0123. The van der Waals surface area contributed by atoms with E-state index in [1.807, 2.05) is 24.3 Å². The number of rotatable bonds is 3. The van der Waals surface area contributed by atoms with E-state index < -0.39 is 0 Å². The Labute approximate surface area is 147 Å². The highest BCUT2D eigenvalue weighted by molar-refractivity contribution is 5.90. The van der Waals surface area contributed by atoms with E-state index in [0.29, 0.717) is 11.7 Å². The molecule has 2 aromatic rings. The molecule has 1 amide bonds. The number of ether oxygens (including phenoxy) is 1. The fraction of sp³-hybridized carbons (Fsp3) is 0.556. The Balaban J connectivity index is 1.34. The van der Waals surface area contributed by atoms with E-state index in [2.05, 4.69) is 15.0 Å². The summed E-state index contributed by atoms with van der Waals surface area (Å²) in [7, 11) is 1.85. The van der Waals surface area contributed by atoms with Crippen LogP contribution < -0.4 is 0 Å². The first kappa shape index (κ1) is 16.2. The van der Waals surface area contributed by atoms with Crippen molar-refractivity contribution in [3.63, 3.8) is 0 Å². The number of imidazole rings is 1. The smallest absolute Gasteiger partial charge is 0.289 e. The third-order valence-corrected chi connectivity index (χ3v) is 5.40. The Kier molecular flexibility index (Phi) is 4.25. The predicted octanol–water partition coefficient (Wildman–Crippen LogP) is 1.46. The molecule has 7 nitrogen and oxygen atoms in total. The lowest BCUT2D eigenvalue weighted by Crippen LogP contribution is -2.47. The molecule has 25 heavy (non-hydrogen) atoms. The summed E-state index contributed by atoms with van der Waals surface area (Å²) in [6.07, 6.45) is 12.6. The molecular weight excluding hydrogens is 318 g/mol. The molecule has 1 atom stereocenters. The van der Waals surface area contributed by atoms with Gasteiger partial charge in [0.25, 0.3) is 5.91 Å². The highest BCUT2D eigenvalue weighted by Crippen LogP contribution is 2.39. The van der Waals surface area contributed by atoms with Crippen LogP contribution in [0, 0.1) is 5.92 Å². The topological polar surface area (TPSA) is 73.1 Å². The fourth-order valence-corrected chi connectivity index (χ4v) is 4.02. The van der Waals surface area contributed by atoms with Crippen LogP contribution in [-0.2, 0) is 18.2 Å². The van der Waals surface area contributed by atoms with Crippen LogP contribution in [0.1, 0.15) is 35.4 Å². The molecule has 2 fully saturated rings. The zero-order chi connectivity index (χ0) is 17.3. The van der Waals surface area contributed by atoms with Crippen molar-refractivity contribution in [3.05, 3.63) is 42.5 Å². The number of likely N-dealkylation sites (tertiary alicyclic amines) is 1. The Morgan fingerprint density at radius 3 is 2.76 bits per heavy atom. The van der Waals surface area contributed by atoms with Crippen molar-refractivity contribution in [2.75, 3.05) is 19.7 Å². The van der Waals surface area contributed by atoms with E-state index in [4.69, 9.17) is 4.74 Å². The third kappa shape index (κ3) is 3.28. The van der Waals surface area contributed by atoms with Gasteiger partial charge in [-0.15, -0.1) is 0 Å². The van der Waals surface area contributed by atoms with Crippen molar-refractivity contribution >= 4 is 5.91 Å². The SMILES string of the molecule is Cn1ccnc1C(=O)N1CCC2(CC1)CC(Cc1cncnc1)CO2. The highest BCUT2D eigenvalue weighted by atomic mass is 16.5. The molecule has 4 heterocycles. The van der Waals surface area contributed by atoms with Gasteiger partial charge in [-0.1, -0.05) is 0 Å². The van der Waals surface area contributed by atoms with Gasteiger partial charge in [0.15, 0.2) is 5.82 Å². The molecule has 1 unspecified atom stereocenters. The quantitative estimate of drug-likeness (QED) is 0.845. The first-order chi connectivity index (χ1) is 12.2. The summed E-state index contributed by atoms with van der Waals surface area (Å²) in [5.74, 6) is 1.02. The van der Waals surface area contributed by atoms with E-state index in [1.54, 1.807) is 23.3 Å². The third-order valence-electron chi connectivity index (χ3n) is 5.40. The van der Waals surface area contributed by atoms with Gasteiger partial charge in [0.05, 0.1) is 12.2 Å². The standard InChI is InChI=1S/C18H23N5O2/c1-22-7-4-21-16(22)17(24)23-5-2-18(3-6-23)9-14(12-25-18)8-15-10-19-13-20-11-15/h4,7,10-11,13-14H,2-3,5-6,8-9,12H2,1H3. The zero-order valence-corrected chi connectivity index (χ0v) is 14.5. The molecule has 1 spiro atoms. The van der Waals surface area contributed by atoms with Crippen LogP contribution in [0.25, 0.3) is 0 Å². The number of carbonyl (C=O) groups is 1. The van der Waals surface area contributed by atoms with Gasteiger partial charge in [-0.2, -0.15) is 0 Å². The molecule has 4 rings (SSSR count).